The second kappa shape index (κ2) is 7.41. The quantitative estimate of drug-likeness (QED) is 0.800. The molecule has 2 N–H and O–H groups in total. The Morgan fingerprint density at radius 2 is 1.89 bits per heavy atom. The van der Waals surface area contributed by atoms with Gasteiger partial charge in [0.25, 0.3) is 5.91 Å². The molecule has 5 heteroatoms. The van der Waals surface area contributed by atoms with Crippen molar-refractivity contribution in [3.8, 4) is 5.75 Å². The summed E-state index contributed by atoms with van der Waals surface area (Å²) in [6.45, 7) is 5.67. The fourth-order valence-corrected chi connectivity index (χ4v) is 1.49. The maximum absolute atomic E-state index is 11.9. The molecular weight excluding hydrogens is 244 g/mol. The lowest BCUT2D eigenvalue weighted by Gasteiger charge is -2.14. The summed E-state index contributed by atoms with van der Waals surface area (Å²) < 4.78 is 5.55. The molecule has 0 saturated heterocycles. The molecule has 1 aromatic rings. The third-order valence-corrected chi connectivity index (χ3v) is 2.29. The van der Waals surface area contributed by atoms with E-state index in [0.29, 0.717) is 17.7 Å². The van der Waals surface area contributed by atoms with Gasteiger partial charge in [-0.3, -0.25) is 20.4 Å². The van der Waals surface area contributed by atoms with Gasteiger partial charge in [0.2, 0.25) is 5.91 Å². The van der Waals surface area contributed by atoms with Crippen molar-refractivity contribution in [2.45, 2.75) is 39.7 Å². The zero-order chi connectivity index (χ0) is 14.3. The molecule has 19 heavy (non-hydrogen) atoms. The Balaban J connectivity index is 2.68. The Labute approximate surface area is 113 Å². The topological polar surface area (TPSA) is 67.4 Å². The van der Waals surface area contributed by atoms with Gasteiger partial charge in [0.1, 0.15) is 5.75 Å². The molecule has 2 amide bonds. The smallest absolute Gasteiger partial charge is 0.273 e. The molecule has 0 bridgehead atoms. The van der Waals surface area contributed by atoms with Crippen molar-refractivity contribution < 1.29 is 14.3 Å². The Kier molecular flexibility index (Phi) is 5.85. The van der Waals surface area contributed by atoms with Gasteiger partial charge in [-0.1, -0.05) is 19.1 Å². The van der Waals surface area contributed by atoms with E-state index in [1.165, 1.54) is 0 Å². The van der Waals surface area contributed by atoms with Gasteiger partial charge in [0.05, 0.1) is 11.7 Å². The van der Waals surface area contributed by atoms with Crippen molar-refractivity contribution in [1.29, 1.82) is 0 Å². The van der Waals surface area contributed by atoms with Crippen molar-refractivity contribution in [2.75, 3.05) is 0 Å². The van der Waals surface area contributed by atoms with E-state index >= 15 is 0 Å². The number of carbonyl (C=O) groups excluding carboxylic acids is 2. The number of hydrogen-bond acceptors (Lipinski definition) is 3. The molecule has 0 aliphatic carbocycles. The van der Waals surface area contributed by atoms with Gasteiger partial charge in [-0.15, -0.1) is 0 Å². The molecule has 0 aliphatic heterocycles. The standard InChI is InChI=1S/C14H20N2O3/c1-4-7-13(17)15-16-14(18)11-8-5-6-9-12(11)19-10(2)3/h5-6,8-10H,4,7H2,1-3H3,(H,15,17)(H,16,18). The lowest BCUT2D eigenvalue weighted by molar-refractivity contribution is -0.121. The van der Waals surface area contributed by atoms with E-state index in [9.17, 15) is 9.59 Å². The van der Waals surface area contributed by atoms with Crippen LogP contribution in [0.1, 0.15) is 44.0 Å². The fraction of sp³-hybridized carbons (Fsp3) is 0.429. The molecule has 0 aliphatic rings. The van der Waals surface area contributed by atoms with Crippen LogP contribution >= 0.6 is 0 Å². The van der Waals surface area contributed by atoms with E-state index in [0.717, 1.165) is 6.42 Å². The van der Waals surface area contributed by atoms with Crippen LogP contribution in [-0.2, 0) is 4.79 Å². The van der Waals surface area contributed by atoms with Crippen LogP contribution in [0.3, 0.4) is 0 Å². The number of nitrogens with one attached hydrogen (secondary N) is 2. The van der Waals surface area contributed by atoms with Gasteiger partial charge in [-0.05, 0) is 32.4 Å². The lowest BCUT2D eigenvalue weighted by atomic mass is 10.2. The van der Waals surface area contributed by atoms with Crippen molar-refractivity contribution in [3.63, 3.8) is 0 Å². The number of benzene rings is 1. The largest absolute Gasteiger partial charge is 0.490 e. The first kappa shape index (κ1) is 15.0. The van der Waals surface area contributed by atoms with Gasteiger partial charge < -0.3 is 4.74 Å². The van der Waals surface area contributed by atoms with Gasteiger partial charge >= 0.3 is 0 Å². The first-order chi connectivity index (χ1) is 9.04. The predicted octanol–water partition coefficient (Wildman–Crippen LogP) is 2.03. The fourth-order valence-electron chi connectivity index (χ4n) is 1.49. The molecule has 0 unspecified atom stereocenters. The maximum atomic E-state index is 11.9. The van der Waals surface area contributed by atoms with E-state index in [1.807, 2.05) is 20.8 Å². The van der Waals surface area contributed by atoms with Gasteiger partial charge in [0.15, 0.2) is 0 Å². The lowest BCUT2D eigenvalue weighted by Crippen LogP contribution is -2.41. The van der Waals surface area contributed by atoms with Crippen LogP contribution in [0.4, 0.5) is 0 Å². The molecule has 1 aromatic carbocycles. The third-order valence-electron chi connectivity index (χ3n) is 2.29. The summed E-state index contributed by atoms with van der Waals surface area (Å²) >= 11 is 0. The molecule has 104 valence electrons. The Morgan fingerprint density at radius 1 is 1.21 bits per heavy atom. The zero-order valence-electron chi connectivity index (χ0n) is 11.5. The summed E-state index contributed by atoms with van der Waals surface area (Å²) in [5.41, 5.74) is 5.14. The van der Waals surface area contributed by atoms with E-state index in [-0.39, 0.29) is 17.9 Å². The normalized spacial score (nSPS) is 10.1. The second-order valence-electron chi connectivity index (χ2n) is 4.42. The van der Waals surface area contributed by atoms with Gasteiger partial charge in [-0.25, -0.2) is 0 Å². The second-order valence-corrected chi connectivity index (χ2v) is 4.42. The van der Waals surface area contributed by atoms with Crippen molar-refractivity contribution in [3.05, 3.63) is 29.8 Å². The average molecular weight is 264 g/mol. The summed E-state index contributed by atoms with van der Waals surface area (Å²) in [6, 6.07) is 6.92. The van der Waals surface area contributed by atoms with Crippen LogP contribution in [-0.4, -0.2) is 17.9 Å². The molecule has 0 spiro atoms. The molecule has 0 atom stereocenters. The number of hydrogen-bond donors (Lipinski definition) is 2. The number of para-hydroxylation sites is 1. The molecule has 1 rings (SSSR count). The van der Waals surface area contributed by atoms with E-state index in [4.69, 9.17) is 4.74 Å². The van der Waals surface area contributed by atoms with E-state index in [1.54, 1.807) is 24.3 Å². The number of ether oxygens (including phenoxy) is 1. The highest BCUT2D eigenvalue weighted by Gasteiger charge is 2.13. The predicted molar refractivity (Wildman–Crippen MR) is 72.7 cm³/mol. The minimum absolute atomic E-state index is 0.0244. The highest BCUT2D eigenvalue weighted by molar-refractivity contribution is 5.97. The molecule has 0 aromatic heterocycles. The maximum Gasteiger partial charge on any atom is 0.273 e. The van der Waals surface area contributed by atoms with Crippen LogP contribution in [0.15, 0.2) is 24.3 Å². The summed E-state index contributed by atoms with van der Waals surface area (Å²) in [5.74, 6) is -0.0986. The SMILES string of the molecule is CCCC(=O)NNC(=O)c1ccccc1OC(C)C. The molecule has 0 heterocycles. The minimum Gasteiger partial charge on any atom is -0.490 e. The molecule has 5 nitrogen and oxygen atoms in total. The van der Waals surface area contributed by atoms with Gasteiger partial charge in [-0.2, -0.15) is 0 Å². The Bertz CT molecular complexity index is 444. The number of hydrazine groups is 1. The molecule has 0 radical (unpaired) electrons. The van der Waals surface area contributed by atoms with Crippen LogP contribution < -0.4 is 15.6 Å². The van der Waals surface area contributed by atoms with E-state index < -0.39 is 0 Å². The zero-order valence-corrected chi connectivity index (χ0v) is 11.5. The first-order valence-electron chi connectivity index (χ1n) is 6.39. The molecule has 0 fully saturated rings. The summed E-state index contributed by atoms with van der Waals surface area (Å²) in [4.78, 5) is 23.2. The van der Waals surface area contributed by atoms with Crippen molar-refractivity contribution in [1.82, 2.24) is 10.9 Å². The van der Waals surface area contributed by atoms with Crippen LogP contribution in [0.2, 0.25) is 0 Å². The van der Waals surface area contributed by atoms with Crippen LogP contribution in [0.5, 0.6) is 5.75 Å². The number of carbonyl (C=O) groups is 2. The summed E-state index contributed by atoms with van der Waals surface area (Å²) in [6.07, 6.45) is 1.09. The average Bonchev–Trinajstić information content (AvgIpc) is 2.36. The highest BCUT2D eigenvalue weighted by Crippen LogP contribution is 2.18. The van der Waals surface area contributed by atoms with Gasteiger partial charge in [0, 0.05) is 6.42 Å². The van der Waals surface area contributed by atoms with Crippen LogP contribution in [0, 0.1) is 0 Å². The van der Waals surface area contributed by atoms with E-state index in [2.05, 4.69) is 10.9 Å². The van der Waals surface area contributed by atoms with Crippen LogP contribution in [0.25, 0.3) is 0 Å². The molecular formula is C14H20N2O3. The van der Waals surface area contributed by atoms with Crippen molar-refractivity contribution >= 4 is 11.8 Å². The highest BCUT2D eigenvalue weighted by atomic mass is 16.5. The minimum atomic E-state index is -0.388. The Hall–Kier alpha value is -2.04. The summed E-state index contributed by atoms with van der Waals surface area (Å²) in [7, 11) is 0. The monoisotopic (exact) mass is 264 g/mol. The molecule has 0 saturated carbocycles. The summed E-state index contributed by atoms with van der Waals surface area (Å²) in [5, 5.41) is 0. The Morgan fingerprint density at radius 3 is 2.53 bits per heavy atom. The first-order valence-corrected chi connectivity index (χ1v) is 6.39. The third kappa shape index (κ3) is 4.99. The van der Waals surface area contributed by atoms with Crippen molar-refractivity contribution in [2.24, 2.45) is 0 Å². The number of rotatable bonds is 5. The number of amides is 2.